The molecule has 2 rings (SSSR count). The average molecular weight is 295 g/mol. The first-order chi connectivity index (χ1) is 9.88. The highest BCUT2D eigenvalue weighted by Gasteiger charge is 2.30. The second-order valence-corrected chi connectivity index (χ2v) is 5.97. The van der Waals surface area contributed by atoms with Gasteiger partial charge in [-0.15, -0.1) is 0 Å². The van der Waals surface area contributed by atoms with Crippen LogP contribution in [0.2, 0.25) is 0 Å². The highest BCUT2D eigenvalue weighted by Crippen LogP contribution is 2.37. The van der Waals surface area contributed by atoms with Crippen molar-refractivity contribution >= 4 is 11.6 Å². The van der Waals surface area contributed by atoms with Crippen molar-refractivity contribution in [2.45, 2.75) is 45.3 Å². The van der Waals surface area contributed by atoms with Crippen LogP contribution in [0, 0.1) is 16.0 Å². The number of amides is 1. The third kappa shape index (κ3) is 4.04. The van der Waals surface area contributed by atoms with Gasteiger partial charge in [-0.05, 0) is 25.2 Å². The molecule has 1 fully saturated rings. The molecule has 0 saturated heterocycles. The fourth-order valence-electron chi connectivity index (χ4n) is 2.33. The predicted octanol–water partition coefficient (Wildman–Crippen LogP) is 1.87. The number of hydrogen-bond acceptors (Lipinski definition) is 4. The monoisotopic (exact) mass is 295 g/mol. The van der Waals surface area contributed by atoms with Crippen LogP contribution < -0.4 is 5.32 Å². The van der Waals surface area contributed by atoms with E-state index in [2.05, 4.69) is 5.32 Å². The number of aliphatic hydroxyl groups excluding tert-OH is 1. The van der Waals surface area contributed by atoms with Gasteiger partial charge in [-0.1, -0.05) is 13.8 Å². The minimum atomic E-state index is -0.603. The van der Waals surface area contributed by atoms with E-state index in [1.54, 1.807) is 4.57 Å². The van der Waals surface area contributed by atoms with Crippen LogP contribution in [0.5, 0.6) is 0 Å². The number of nitrogens with one attached hydrogen (secondary N) is 1. The summed E-state index contributed by atoms with van der Waals surface area (Å²) in [5, 5.41) is 23.3. The summed E-state index contributed by atoms with van der Waals surface area (Å²) in [4.78, 5) is 22.5. The lowest BCUT2D eigenvalue weighted by atomic mass is 10.1. The third-order valence-electron chi connectivity index (χ3n) is 3.46. The maximum atomic E-state index is 12.2. The van der Waals surface area contributed by atoms with Crippen molar-refractivity contribution < 1.29 is 14.8 Å². The highest BCUT2D eigenvalue weighted by atomic mass is 16.6. The normalized spacial score (nSPS) is 16.0. The Hall–Kier alpha value is -1.89. The van der Waals surface area contributed by atoms with Gasteiger partial charge in [-0.25, -0.2) is 0 Å². The van der Waals surface area contributed by atoms with Gasteiger partial charge in [0.2, 0.25) is 0 Å². The molecule has 1 aromatic rings. The molecule has 1 aliphatic rings. The number of aliphatic hydroxyl groups is 1. The van der Waals surface area contributed by atoms with Crippen molar-refractivity contribution in [1.82, 2.24) is 9.88 Å². The van der Waals surface area contributed by atoms with Crippen molar-refractivity contribution in [2.75, 3.05) is 6.54 Å². The Morgan fingerprint density at radius 2 is 2.24 bits per heavy atom. The summed E-state index contributed by atoms with van der Waals surface area (Å²) in [7, 11) is 0. The maximum absolute atomic E-state index is 12.2. The largest absolute Gasteiger partial charge is 0.391 e. The summed E-state index contributed by atoms with van der Waals surface area (Å²) in [6, 6.07) is 1.47. The number of hydrogen-bond donors (Lipinski definition) is 2. The second kappa shape index (κ2) is 6.26. The number of aromatic nitrogens is 1. The Bertz CT molecular complexity index is 534. The minimum Gasteiger partial charge on any atom is -0.391 e. The van der Waals surface area contributed by atoms with Crippen LogP contribution in [-0.2, 0) is 0 Å². The molecule has 1 aliphatic carbocycles. The number of nitrogens with zero attached hydrogens (tertiary/aromatic N) is 2. The maximum Gasteiger partial charge on any atom is 0.287 e. The molecular weight excluding hydrogens is 274 g/mol. The molecular formula is C14H21N3O4. The quantitative estimate of drug-likeness (QED) is 0.592. The fourth-order valence-corrected chi connectivity index (χ4v) is 2.33. The molecule has 1 unspecified atom stereocenters. The molecule has 116 valence electrons. The summed E-state index contributed by atoms with van der Waals surface area (Å²) in [5.74, 6) is -0.0360. The molecule has 0 aliphatic heterocycles. The Balaban J connectivity index is 2.03. The van der Waals surface area contributed by atoms with Gasteiger partial charge in [0, 0.05) is 18.7 Å². The lowest BCUT2D eigenvalue weighted by molar-refractivity contribution is -0.384. The van der Waals surface area contributed by atoms with Crippen LogP contribution in [0.3, 0.4) is 0 Å². The fraction of sp³-hybridized carbons (Fsp3) is 0.643. The molecule has 21 heavy (non-hydrogen) atoms. The van der Waals surface area contributed by atoms with Gasteiger partial charge in [0.25, 0.3) is 11.6 Å². The van der Waals surface area contributed by atoms with Gasteiger partial charge in [0.15, 0.2) is 0 Å². The van der Waals surface area contributed by atoms with E-state index in [-0.39, 0.29) is 24.2 Å². The zero-order chi connectivity index (χ0) is 15.6. The smallest absolute Gasteiger partial charge is 0.287 e. The summed E-state index contributed by atoms with van der Waals surface area (Å²) in [6.07, 6.45) is 3.28. The SMILES string of the molecule is CC(C)CC(O)CNC(=O)c1cc([N+](=O)[O-])cn1C1CC1. The van der Waals surface area contributed by atoms with Crippen LogP contribution in [0.1, 0.15) is 49.6 Å². The average Bonchev–Trinajstić information content (AvgIpc) is 3.13. The van der Waals surface area contributed by atoms with Gasteiger partial charge in [-0.3, -0.25) is 14.9 Å². The van der Waals surface area contributed by atoms with Gasteiger partial charge < -0.3 is 15.0 Å². The molecule has 0 spiro atoms. The molecule has 1 saturated carbocycles. The number of nitro groups is 1. The van der Waals surface area contributed by atoms with Crippen LogP contribution in [0.4, 0.5) is 5.69 Å². The molecule has 7 nitrogen and oxygen atoms in total. The van der Waals surface area contributed by atoms with Crippen molar-refractivity contribution in [1.29, 1.82) is 0 Å². The topological polar surface area (TPSA) is 97.4 Å². The van der Waals surface area contributed by atoms with E-state index in [9.17, 15) is 20.0 Å². The second-order valence-electron chi connectivity index (χ2n) is 5.97. The number of carbonyl (C=O) groups excluding carboxylic acids is 1. The molecule has 0 radical (unpaired) electrons. The summed E-state index contributed by atoms with van der Waals surface area (Å²) in [6.45, 7) is 4.14. The van der Waals surface area contributed by atoms with E-state index in [0.29, 0.717) is 18.0 Å². The summed E-state index contributed by atoms with van der Waals surface area (Å²) >= 11 is 0. The standard InChI is InChI=1S/C14H21N3O4/c1-9(2)5-12(18)7-15-14(19)13-6-11(17(20)21)8-16(13)10-3-4-10/h6,8-10,12,18H,3-5,7H2,1-2H3,(H,15,19). The molecule has 1 atom stereocenters. The highest BCUT2D eigenvalue weighted by molar-refractivity contribution is 5.93. The van der Waals surface area contributed by atoms with Crippen molar-refractivity contribution in [3.63, 3.8) is 0 Å². The molecule has 2 N–H and O–H groups in total. The van der Waals surface area contributed by atoms with Crippen LogP contribution in [-0.4, -0.2) is 33.2 Å². The van der Waals surface area contributed by atoms with Gasteiger partial charge in [-0.2, -0.15) is 0 Å². The zero-order valence-electron chi connectivity index (χ0n) is 12.3. The first-order valence-corrected chi connectivity index (χ1v) is 7.21. The zero-order valence-corrected chi connectivity index (χ0v) is 12.3. The lowest BCUT2D eigenvalue weighted by Crippen LogP contribution is -2.33. The number of carbonyl (C=O) groups is 1. The molecule has 0 aromatic carbocycles. The first kappa shape index (κ1) is 15.5. The van der Waals surface area contributed by atoms with E-state index in [4.69, 9.17) is 0 Å². The summed E-state index contributed by atoms with van der Waals surface area (Å²) < 4.78 is 1.67. The Morgan fingerprint density at radius 3 is 2.76 bits per heavy atom. The summed E-state index contributed by atoms with van der Waals surface area (Å²) in [5.41, 5.74) is 0.218. The molecule has 1 aromatic heterocycles. The molecule has 1 amide bonds. The first-order valence-electron chi connectivity index (χ1n) is 7.21. The van der Waals surface area contributed by atoms with Crippen LogP contribution in [0.25, 0.3) is 0 Å². The number of rotatable bonds is 7. The molecule has 1 heterocycles. The van der Waals surface area contributed by atoms with Gasteiger partial charge in [0.05, 0.1) is 17.2 Å². The Morgan fingerprint density at radius 1 is 1.57 bits per heavy atom. The Labute approximate surface area is 123 Å². The van der Waals surface area contributed by atoms with Gasteiger partial charge in [0.1, 0.15) is 5.69 Å². The van der Waals surface area contributed by atoms with Gasteiger partial charge >= 0.3 is 0 Å². The third-order valence-corrected chi connectivity index (χ3v) is 3.46. The van der Waals surface area contributed by atoms with E-state index < -0.39 is 11.0 Å². The lowest BCUT2D eigenvalue weighted by Gasteiger charge is -2.14. The molecule has 0 bridgehead atoms. The van der Waals surface area contributed by atoms with E-state index >= 15 is 0 Å². The Kier molecular flexibility index (Phi) is 4.62. The van der Waals surface area contributed by atoms with Crippen LogP contribution in [0.15, 0.2) is 12.3 Å². The van der Waals surface area contributed by atoms with Crippen molar-refractivity contribution in [3.05, 3.63) is 28.1 Å². The minimum absolute atomic E-state index is 0.0743. The van der Waals surface area contributed by atoms with Crippen molar-refractivity contribution in [3.8, 4) is 0 Å². The van der Waals surface area contributed by atoms with Crippen LogP contribution >= 0.6 is 0 Å². The van der Waals surface area contributed by atoms with E-state index in [0.717, 1.165) is 12.8 Å². The van der Waals surface area contributed by atoms with Crippen molar-refractivity contribution in [2.24, 2.45) is 5.92 Å². The van der Waals surface area contributed by atoms with E-state index in [1.807, 2.05) is 13.8 Å². The molecule has 7 heteroatoms. The predicted molar refractivity (Wildman–Crippen MR) is 77.2 cm³/mol. The van der Waals surface area contributed by atoms with E-state index in [1.165, 1.54) is 12.3 Å².